The summed E-state index contributed by atoms with van der Waals surface area (Å²) in [5.74, 6) is -6.79. The fourth-order valence-electron chi connectivity index (χ4n) is 5.99. The van der Waals surface area contributed by atoms with Crippen LogP contribution >= 0.6 is 12.2 Å². The summed E-state index contributed by atoms with van der Waals surface area (Å²) >= 11 is 4.67. The number of phenols is 3. The van der Waals surface area contributed by atoms with Crippen molar-refractivity contribution in [1.82, 2.24) is 10.4 Å². The molecular formula is C27H18N4O9S. The molecule has 3 aliphatic carbocycles. The zero-order chi connectivity index (χ0) is 29.5. The Balaban J connectivity index is 1.56. The number of aromatic nitrogens is 1. The van der Waals surface area contributed by atoms with Crippen molar-refractivity contribution < 1.29 is 39.2 Å². The number of aromatic hydroxyl groups is 3. The van der Waals surface area contributed by atoms with Crippen LogP contribution in [0.1, 0.15) is 64.7 Å². The molecular weight excluding hydrogens is 556 g/mol. The number of hydrazone groups is 1. The average molecular weight is 575 g/mol. The number of pyridine rings is 1. The standard InChI is InChI=1S/C27H18N4O9S/c1-40-12-6-11(32)14-15(19(12)33)21(35)17-16(20(14)34)23(37)27(24(17)38)3-2-8-4-9-5-10(7-29-31-26(28)41)30-25(39)13(9)22(36)18(8)27/h4-7,34-36H,2-3H2,1H3,(H,30,39)(H3,28,31,41). The summed E-state index contributed by atoms with van der Waals surface area (Å²) in [5.41, 5.74) is 2.66. The molecule has 0 saturated carbocycles. The predicted molar refractivity (Wildman–Crippen MR) is 146 cm³/mol. The van der Waals surface area contributed by atoms with Crippen LogP contribution in [0.4, 0.5) is 0 Å². The number of rotatable bonds is 3. The maximum atomic E-state index is 14.0. The zero-order valence-electron chi connectivity index (χ0n) is 20.9. The van der Waals surface area contributed by atoms with Crippen LogP contribution in [0, 0.1) is 0 Å². The first-order valence-electron chi connectivity index (χ1n) is 12.0. The van der Waals surface area contributed by atoms with Gasteiger partial charge < -0.3 is 30.8 Å². The normalized spacial score (nSPS) is 19.1. The van der Waals surface area contributed by atoms with Gasteiger partial charge in [0.25, 0.3) is 5.56 Å². The van der Waals surface area contributed by atoms with Gasteiger partial charge in [0.05, 0.1) is 46.7 Å². The molecule has 2 aromatic carbocycles. The molecule has 0 amide bonds. The molecule has 41 heavy (non-hydrogen) atoms. The molecule has 0 radical (unpaired) electrons. The van der Waals surface area contributed by atoms with E-state index >= 15 is 0 Å². The van der Waals surface area contributed by atoms with Crippen molar-refractivity contribution in [3.05, 3.63) is 73.4 Å². The Bertz CT molecular complexity index is 1970. The second-order valence-corrected chi connectivity index (χ2v) is 10.1. The molecule has 14 heteroatoms. The number of phenolic OH excluding ortho intramolecular Hbond substituents is 3. The number of aromatic amines is 1. The third kappa shape index (κ3) is 3.24. The summed E-state index contributed by atoms with van der Waals surface area (Å²) in [4.78, 5) is 69.2. The van der Waals surface area contributed by atoms with Crippen LogP contribution in [0.3, 0.4) is 0 Å². The lowest BCUT2D eigenvalue weighted by atomic mass is 9.76. The lowest BCUT2D eigenvalue weighted by Gasteiger charge is -2.22. The minimum Gasteiger partial charge on any atom is -0.507 e. The van der Waals surface area contributed by atoms with Gasteiger partial charge in [-0.25, -0.2) is 0 Å². The minimum absolute atomic E-state index is 0.0981. The van der Waals surface area contributed by atoms with Crippen molar-refractivity contribution in [3.8, 4) is 17.2 Å². The van der Waals surface area contributed by atoms with Gasteiger partial charge in [-0.3, -0.25) is 29.4 Å². The fraction of sp³-hybridized carbons (Fsp3) is 0.148. The Morgan fingerprint density at radius 1 is 1.05 bits per heavy atom. The molecule has 13 nitrogen and oxygen atoms in total. The fourth-order valence-corrected chi connectivity index (χ4v) is 6.05. The molecule has 0 bridgehead atoms. The molecule has 7 N–H and O–H groups in total. The highest BCUT2D eigenvalue weighted by molar-refractivity contribution is 7.80. The van der Waals surface area contributed by atoms with Gasteiger partial charge in [0.2, 0.25) is 5.78 Å². The number of Topliss-reactive ketones (excluding diaryl/α,β-unsaturated/α-hetero) is 3. The number of fused-ring (bicyclic) bond motifs is 5. The maximum absolute atomic E-state index is 14.0. The monoisotopic (exact) mass is 574 g/mol. The van der Waals surface area contributed by atoms with Crippen LogP contribution in [0.15, 0.2) is 33.9 Å². The van der Waals surface area contributed by atoms with Crippen molar-refractivity contribution in [3.63, 3.8) is 0 Å². The highest BCUT2D eigenvalue weighted by Gasteiger charge is 2.61. The van der Waals surface area contributed by atoms with Crippen molar-refractivity contribution in [1.29, 1.82) is 0 Å². The number of hydrogen-bond acceptors (Lipinski definition) is 11. The number of nitrogens with one attached hydrogen (secondary N) is 2. The van der Waals surface area contributed by atoms with Gasteiger partial charge in [-0.1, -0.05) is 6.07 Å². The van der Waals surface area contributed by atoms with Crippen LogP contribution < -0.4 is 16.7 Å². The van der Waals surface area contributed by atoms with Crippen LogP contribution in [-0.4, -0.2) is 61.9 Å². The molecule has 3 aliphatic rings. The van der Waals surface area contributed by atoms with E-state index in [0.717, 1.165) is 13.2 Å². The number of methoxy groups -OCH3 is 1. The number of nitrogens with zero attached hydrogens (tertiary/aromatic N) is 1. The number of nitrogens with two attached hydrogens (primary N) is 1. The molecule has 1 spiro atoms. The van der Waals surface area contributed by atoms with Gasteiger partial charge in [-0.15, -0.1) is 0 Å². The van der Waals surface area contributed by atoms with Gasteiger partial charge in [-0.2, -0.15) is 5.10 Å². The van der Waals surface area contributed by atoms with Gasteiger partial charge in [0.1, 0.15) is 22.7 Å². The molecule has 0 aliphatic heterocycles. The maximum Gasteiger partial charge on any atom is 0.260 e. The number of H-pyrrole nitrogens is 1. The van der Waals surface area contributed by atoms with Gasteiger partial charge in [0, 0.05) is 11.6 Å². The molecule has 206 valence electrons. The van der Waals surface area contributed by atoms with E-state index in [-0.39, 0.29) is 40.0 Å². The Labute approximate surface area is 233 Å². The SMILES string of the molecule is COC1=CC(=O)c2c(O)c3c(c(O)c2C1=O)C(=O)C1(CCc2cc4cc(C=NNC(N)=S)[nH]c(=O)c4c(O)c21)C3=O. The Morgan fingerprint density at radius 3 is 2.34 bits per heavy atom. The van der Waals surface area contributed by atoms with Crippen molar-refractivity contribution in [2.24, 2.45) is 10.8 Å². The number of hydrogen-bond donors (Lipinski definition) is 6. The molecule has 1 atom stereocenters. The van der Waals surface area contributed by atoms with Crippen LogP contribution in [0.2, 0.25) is 0 Å². The van der Waals surface area contributed by atoms with E-state index in [0.29, 0.717) is 5.56 Å². The molecule has 0 fully saturated rings. The summed E-state index contributed by atoms with van der Waals surface area (Å²) in [7, 11) is 1.13. The van der Waals surface area contributed by atoms with Crippen LogP contribution in [0.25, 0.3) is 10.8 Å². The highest BCUT2D eigenvalue weighted by Crippen LogP contribution is 2.57. The summed E-state index contributed by atoms with van der Waals surface area (Å²) in [6.07, 6.45) is 1.99. The largest absolute Gasteiger partial charge is 0.507 e. The van der Waals surface area contributed by atoms with E-state index in [1.165, 1.54) is 12.3 Å². The first-order valence-corrected chi connectivity index (χ1v) is 12.4. The molecule has 0 saturated heterocycles. The molecule has 1 heterocycles. The number of benzene rings is 2. The second-order valence-electron chi connectivity index (χ2n) is 9.68. The number of thiocarbonyl (C=S) groups is 1. The van der Waals surface area contributed by atoms with Gasteiger partial charge in [-0.05, 0) is 42.1 Å². The lowest BCUT2D eigenvalue weighted by molar-refractivity contribution is 0.0790. The number of ketones is 4. The second kappa shape index (κ2) is 8.56. The molecule has 3 aromatic rings. The van der Waals surface area contributed by atoms with E-state index in [1.807, 2.05) is 0 Å². The smallest absolute Gasteiger partial charge is 0.260 e. The first kappa shape index (κ1) is 25.9. The number of ether oxygens (including phenoxy) is 1. The summed E-state index contributed by atoms with van der Waals surface area (Å²) in [6, 6.07) is 3.05. The van der Waals surface area contributed by atoms with E-state index < -0.39 is 79.4 Å². The summed E-state index contributed by atoms with van der Waals surface area (Å²) in [6.45, 7) is 0. The van der Waals surface area contributed by atoms with E-state index in [2.05, 4.69) is 27.7 Å². The van der Waals surface area contributed by atoms with E-state index in [1.54, 1.807) is 6.07 Å². The van der Waals surface area contributed by atoms with Crippen molar-refractivity contribution in [2.75, 3.05) is 7.11 Å². The molecule has 1 aromatic heterocycles. The third-order valence-electron chi connectivity index (χ3n) is 7.64. The average Bonchev–Trinajstić information content (AvgIpc) is 3.40. The summed E-state index contributed by atoms with van der Waals surface area (Å²) in [5, 5.41) is 37.3. The number of aryl methyl sites for hydroxylation is 1. The number of carbonyl (C=O) groups excluding carboxylic acids is 4. The predicted octanol–water partition coefficient (Wildman–Crippen LogP) is 0.984. The van der Waals surface area contributed by atoms with Crippen molar-refractivity contribution >= 4 is 57.5 Å². The molecule has 6 rings (SSSR count). The number of allylic oxidation sites excluding steroid dienone is 2. The topological polar surface area (TPSA) is 221 Å². The Morgan fingerprint density at radius 2 is 1.71 bits per heavy atom. The lowest BCUT2D eigenvalue weighted by Crippen LogP contribution is -2.36. The first-order chi connectivity index (χ1) is 19.4. The quantitative estimate of drug-likeness (QED) is 0.0847. The Hall–Kier alpha value is -5.37. The van der Waals surface area contributed by atoms with E-state index in [9.17, 15) is 39.3 Å². The number of carbonyl (C=O) groups is 4. The minimum atomic E-state index is -2.12. The van der Waals surface area contributed by atoms with E-state index in [4.69, 9.17) is 10.5 Å². The summed E-state index contributed by atoms with van der Waals surface area (Å²) < 4.78 is 4.90. The Kier molecular flexibility index (Phi) is 5.41. The van der Waals surface area contributed by atoms with Gasteiger partial charge >= 0.3 is 0 Å². The zero-order valence-corrected chi connectivity index (χ0v) is 21.8. The molecule has 1 unspecified atom stereocenters. The van der Waals surface area contributed by atoms with Crippen LogP contribution in [0.5, 0.6) is 17.2 Å². The van der Waals surface area contributed by atoms with Gasteiger partial charge in [0.15, 0.2) is 28.2 Å². The van der Waals surface area contributed by atoms with Crippen molar-refractivity contribution in [2.45, 2.75) is 18.3 Å². The highest BCUT2D eigenvalue weighted by atomic mass is 32.1. The van der Waals surface area contributed by atoms with Crippen LogP contribution in [-0.2, 0) is 16.6 Å². The third-order valence-corrected chi connectivity index (χ3v) is 7.73.